The van der Waals surface area contributed by atoms with Crippen LogP contribution < -0.4 is 0 Å². The molecule has 2 heterocycles. The van der Waals surface area contributed by atoms with E-state index >= 15 is 0 Å². The van der Waals surface area contributed by atoms with Crippen molar-refractivity contribution in [2.24, 2.45) is 0 Å². The van der Waals surface area contributed by atoms with E-state index in [0.717, 1.165) is 17.0 Å². The van der Waals surface area contributed by atoms with Gasteiger partial charge in [0.15, 0.2) is 5.16 Å². The average Bonchev–Trinajstić information content (AvgIpc) is 2.28. The first-order valence-corrected chi connectivity index (χ1v) is 6.27. The van der Waals surface area contributed by atoms with Gasteiger partial charge in [0, 0.05) is 17.6 Å². The molecule has 0 radical (unpaired) electrons. The predicted molar refractivity (Wildman–Crippen MR) is 69.3 cm³/mol. The highest BCUT2D eigenvalue weighted by Gasteiger charge is 2.11. The van der Waals surface area contributed by atoms with Gasteiger partial charge >= 0.3 is 0 Å². The third kappa shape index (κ3) is 2.66. The van der Waals surface area contributed by atoms with Gasteiger partial charge in [-0.15, -0.1) is 0 Å². The largest absolute Gasteiger partial charge is 0.245 e. The molecule has 0 spiro atoms. The third-order valence-corrected chi connectivity index (χ3v) is 3.25. The standard InChI is InChI=1S/C13H12N4S/c1-8-6-10(3)16-12(11(8)7-14)18-13-15-5-4-9(2)17-13/h4-6H,1-3H3. The first-order valence-electron chi connectivity index (χ1n) is 5.46. The van der Waals surface area contributed by atoms with Crippen LogP contribution in [0.2, 0.25) is 0 Å². The lowest BCUT2D eigenvalue weighted by molar-refractivity contribution is 0.923. The summed E-state index contributed by atoms with van der Waals surface area (Å²) in [5.74, 6) is 0. The number of rotatable bonds is 2. The molecule has 0 bridgehead atoms. The van der Waals surface area contributed by atoms with Crippen molar-refractivity contribution in [1.29, 1.82) is 5.26 Å². The van der Waals surface area contributed by atoms with Crippen molar-refractivity contribution in [3.63, 3.8) is 0 Å². The SMILES string of the molecule is Cc1ccnc(Sc2nc(C)cc(C)c2C#N)n1. The summed E-state index contributed by atoms with van der Waals surface area (Å²) < 4.78 is 0. The van der Waals surface area contributed by atoms with E-state index in [4.69, 9.17) is 0 Å². The normalized spacial score (nSPS) is 10.1. The van der Waals surface area contributed by atoms with Crippen LogP contribution in [-0.2, 0) is 0 Å². The summed E-state index contributed by atoms with van der Waals surface area (Å²) in [6, 6.07) is 5.93. The fraction of sp³-hybridized carbons (Fsp3) is 0.231. The maximum Gasteiger partial charge on any atom is 0.194 e. The summed E-state index contributed by atoms with van der Waals surface area (Å²) in [4.78, 5) is 12.9. The third-order valence-electron chi connectivity index (χ3n) is 2.38. The Balaban J connectivity index is 2.43. The Kier molecular flexibility index (Phi) is 3.58. The maximum absolute atomic E-state index is 9.18. The molecule has 0 unspecified atom stereocenters. The molecule has 0 saturated heterocycles. The molecule has 2 aromatic rings. The Labute approximate surface area is 110 Å². The first-order chi connectivity index (χ1) is 8.60. The van der Waals surface area contributed by atoms with Crippen LogP contribution in [-0.4, -0.2) is 15.0 Å². The van der Waals surface area contributed by atoms with Gasteiger partial charge in [-0.1, -0.05) is 0 Å². The number of nitriles is 1. The highest BCUT2D eigenvalue weighted by Crippen LogP contribution is 2.27. The van der Waals surface area contributed by atoms with Crippen molar-refractivity contribution in [2.45, 2.75) is 31.0 Å². The molecule has 90 valence electrons. The summed E-state index contributed by atoms with van der Waals surface area (Å²) >= 11 is 1.33. The number of nitrogens with zero attached hydrogens (tertiary/aromatic N) is 4. The van der Waals surface area contributed by atoms with Crippen LogP contribution in [0.25, 0.3) is 0 Å². The second-order valence-corrected chi connectivity index (χ2v) is 4.91. The van der Waals surface area contributed by atoms with Crippen molar-refractivity contribution >= 4 is 11.8 Å². The molecule has 0 N–H and O–H groups in total. The van der Waals surface area contributed by atoms with Crippen molar-refractivity contribution in [2.75, 3.05) is 0 Å². The lowest BCUT2D eigenvalue weighted by Crippen LogP contribution is -1.96. The molecule has 4 nitrogen and oxygen atoms in total. The van der Waals surface area contributed by atoms with Gasteiger partial charge in [-0.2, -0.15) is 5.26 Å². The van der Waals surface area contributed by atoms with Gasteiger partial charge < -0.3 is 0 Å². The monoisotopic (exact) mass is 256 g/mol. The summed E-state index contributed by atoms with van der Waals surface area (Å²) in [6.45, 7) is 5.73. The maximum atomic E-state index is 9.18. The minimum Gasteiger partial charge on any atom is -0.245 e. The Bertz CT molecular complexity index is 631. The van der Waals surface area contributed by atoms with Crippen LogP contribution >= 0.6 is 11.8 Å². The Morgan fingerprint density at radius 1 is 1.17 bits per heavy atom. The van der Waals surface area contributed by atoms with E-state index in [1.54, 1.807) is 6.20 Å². The minimum absolute atomic E-state index is 0.593. The lowest BCUT2D eigenvalue weighted by atomic mass is 10.1. The van der Waals surface area contributed by atoms with Crippen LogP contribution in [0, 0.1) is 32.1 Å². The Morgan fingerprint density at radius 2 is 1.94 bits per heavy atom. The molecular weight excluding hydrogens is 244 g/mol. The molecule has 0 saturated carbocycles. The number of aryl methyl sites for hydroxylation is 3. The number of aromatic nitrogens is 3. The van der Waals surface area contributed by atoms with Gasteiger partial charge in [0.1, 0.15) is 11.1 Å². The van der Waals surface area contributed by atoms with E-state index in [-0.39, 0.29) is 0 Å². The van der Waals surface area contributed by atoms with Gasteiger partial charge in [-0.25, -0.2) is 15.0 Å². The molecule has 18 heavy (non-hydrogen) atoms. The molecule has 0 amide bonds. The zero-order valence-electron chi connectivity index (χ0n) is 10.4. The molecule has 0 aliphatic heterocycles. The van der Waals surface area contributed by atoms with E-state index < -0.39 is 0 Å². The van der Waals surface area contributed by atoms with E-state index in [1.807, 2.05) is 32.9 Å². The molecule has 5 heteroatoms. The molecule has 0 fully saturated rings. The van der Waals surface area contributed by atoms with Crippen molar-refractivity contribution < 1.29 is 0 Å². The highest BCUT2D eigenvalue weighted by molar-refractivity contribution is 7.99. The fourth-order valence-corrected chi connectivity index (χ4v) is 2.55. The fourth-order valence-electron chi connectivity index (χ4n) is 1.57. The van der Waals surface area contributed by atoms with Crippen LogP contribution in [0.4, 0.5) is 0 Å². The molecule has 2 aromatic heterocycles. The van der Waals surface area contributed by atoms with Crippen LogP contribution in [0.3, 0.4) is 0 Å². The lowest BCUT2D eigenvalue weighted by Gasteiger charge is -2.06. The zero-order valence-corrected chi connectivity index (χ0v) is 11.2. The van der Waals surface area contributed by atoms with Crippen molar-refractivity contribution in [3.8, 4) is 6.07 Å². The number of pyridine rings is 1. The summed E-state index contributed by atoms with van der Waals surface area (Å²) in [6.07, 6.45) is 1.71. The molecule has 0 aliphatic rings. The number of hydrogen-bond donors (Lipinski definition) is 0. The second-order valence-electron chi connectivity index (χ2n) is 3.96. The van der Waals surface area contributed by atoms with Crippen molar-refractivity contribution in [3.05, 3.63) is 40.8 Å². The molecular formula is C13H12N4S. The molecule has 0 atom stereocenters. The molecule has 0 aromatic carbocycles. The zero-order chi connectivity index (χ0) is 13.1. The quantitative estimate of drug-likeness (QED) is 0.773. The van der Waals surface area contributed by atoms with Gasteiger partial charge in [0.2, 0.25) is 0 Å². The van der Waals surface area contributed by atoms with Crippen LogP contribution in [0.15, 0.2) is 28.5 Å². The second kappa shape index (κ2) is 5.15. The van der Waals surface area contributed by atoms with Gasteiger partial charge in [-0.05, 0) is 50.2 Å². The van der Waals surface area contributed by atoms with E-state index in [9.17, 15) is 5.26 Å². The van der Waals surface area contributed by atoms with Crippen LogP contribution in [0.1, 0.15) is 22.5 Å². The van der Waals surface area contributed by atoms with E-state index in [2.05, 4.69) is 21.0 Å². The highest BCUT2D eigenvalue weighted by atomic mass is 32.2. The average molecular weight is 256 g/mol. The van der Waals surface area contributed by atoms with E-state index in [0.29, 0.717) is 15.7 Å². The van der Waals surface area contributed by atoms with Gasteiger partial charge in [0.25, 0.3) is 0 Å². The summed E-state index contributed by atoms with van der Waals surface area (Å²) in [5, 5.41) is 10.5. The predicted octanol–water partition coefficient (Wildman–Crippen LogP) is 2.82. The van der Waals surface area contributed by atoms with Gasteiger partial charge in [-0.3, -0.25) is 0 Å². The van der Waals surface area contributed by atoms with Crippen LogP contribution in [0.5, 0.6) is 0 Å². The molecule has 0 aliphatic carbocycles. The first kappa shape index (κ1) is 12.5. The smallest absolute Gasteiger partial charge is 0.194 e. The number of hydrogen-bond acceptors (Lipinski definition) is 5. The Morgan fingerprint density at radius 3 is 2.61 bits per heavy atom. The Hall–Kier alpha value is -1.93. The summed E-state index contributed by atoms with van der Waals surface area (Å²) in [7, 11) is 0. The van der Waals surface area contributed by atoms with Gasteiger partial charge in [0.05, 0.1) is 5.56 Å². The molecule has 2 rings (SSSR count). The van der Waals surface area contributed by atoms with E-state index in [1.165, 1.54) is 11.8 Å². The topological polar surface area (TPSA) is 62.5 Å². The minimum atomic E-state index is 0.593. The van der Waals surface area contributed by atoms with Crippen molar-refractivity contribution in [1.82, 2.24) is 15.0 Å². The summed E-state index contributed by atoms with van der Waals surface area (Å²) in [5.41, 5.74) is 3.31.